The molecule has 1 aliphatic rings. The average Bonchev–Trinajstić information content (AvgIpc) is 3.47. The number of nitrogens with one attached hydrogen (secondary N) is 2. The van der Waals surface area contributed by atoms with Gasteiger partial charge in [-0.25, -0.2) is 9.97 Å². The molecule has 1 amide bonds. The fourth-order valence-corrected chi connectivity index (χ4v) is 3.76. The number of amides is 1. The Hall–Kier alpha value is -4.51. The first-order valence-electron chi connectivity index (χ1n) is 11.0. The molecule has 0 saturated heterocycles. The van der Waals surface area contributed by atoms with Crippen molar-refractivity contribution < 1.29 is 28.2 Å². The smallest absolute Gasteiger partial charge is 0.395 e. The zero-order valence-electron chi connectivity index (χ0n) is 19.0. The van der Waals surface area contributed by atoms with Gasteiger partial charge in [0.15, 0.2) is 11.5 Å². The first-order valence-corrected chi connectivity index (χ1v) is 11.0. The summed E-state index contributed by atoms with van der Waals surface area (Å²) in [5, 5.41) is 15.5. The molecule has 11 heteroatoms. The average molecular weight is 493 g/mol. The monoisotopic (exact) mass is 493 g/mol. The lowest BCUT2D eigenvalue weighted by atomic mass is 10.1. The van der Waals surface area contributed by atoms with Crippen LogP contribution >= 0.6 is 0 Å². The van der Waals surface area contributed by atoms with Crippen molar-refractivity contribution in [1.29, 1.82) is 0 Å². The molecular formula is C25H21F2N5O4. The fraction of sp³-hybridized carbons (Fsp3) is 0.160. The predicted octanol–water partition coefficient (Wildman–Crippen LogP) is 4.10. The van der Waals surface area contributed by atoms with Crippen LogP contribution in [0.25, 0.3) is 5.69 Å². The molecule has 5 rings (SSSR count). The Morgan fingerprint density at radius 1 is 1.11 bits per heavy atom. The molecule has 4 aromatic rings. The van der Waals surface area contributed by atoms with E-state index < -0.39 is 18.2 Å². The molecule has 3 heterocycles. The number of fused-ring (bicyclic) bond motifs is 1. The maximum Gasteiger partial charge on any atom is 0.586 e. The Balaban J connectivity index is 1.33. The number of hydrogen-bond acceptors (Lipinski definition) is 7. The van der Waals surface area contributed by atoms with E-state index >= 15 is 0 Å². The first kappa shape index (κ1) is 23.2. The quantitative estimate of drug-likeness (QED) is 0.356. The van der Waals surface area contributed by atoms with E-state index in [0.29, 0.717) is 17.2 Å². The summed E-state index contributed by atoms with van der Waals surface area (Å²) in [4.78, 5) is 21.3. The summed E-state index contributed by atoms with van der Waals surface area (Å²) in [7, 11) is 0. The number of aryl methyl sites for hydroxylation is 1. The Labute approximate surface area is 204 Å². The zero-order chi connectivity index (χ0) is 25.3. The van der Waals surface area contributed by atoms with Gasteiger partial charge in [-0.05, 0) is 30.2 Å². The number of halogens is 2. The second-order valence-corrected chi connectivity index (χ2v) is 8.10. The number of carbonyl (C=O) groups is 1. The van der Waals surface area contributed by atoms with Gasteiger partial charge in [0, 0.05) is 30.2 Å². The number of hydrogen-bond donors (Lipinski definition) is 3. The van der Waals surface area contributed by atoms with Gasteiger partial charge in [0.1, 0.15) is 17.8 Å². The van der Waals surface area contributed by atoms with Crippen molar-refractivity contribution in [3.8, 4) is 17.2 Å². The summed E-state index contributed by atoms with van der Waals surface area (Å²) >= 11 is 0. The van der Waals surface area contributed by atoms with Crippen LogP contribution in [0.2, 0.25) is 0 Å². The minimum Gasteiger partial charge on any atom is -0.395 e. The number of alkyl halides is 2. The van der Waals surface area contributed by atoms with Crippen LogP contribution in [0.3, 0.4) is 0 Å². The standard InChI is InChI=1S/C25H21F2N5O4/c1-15-11-28-23(30-17-7-8-21-22(9-17)36-25(26,27)35-21)10-20(15)32-12-18(29-14-32)24(34)31-19(13-33)16-5-3-2-4-6-16/h2-12,14,19,33H,13H2,1H3,(H,28,30)(H,31,34). The Morgan fingerprint density at radius 2 is 1.89 bits per heavy atom. The molecule has 36 heavy (non-hydrogen) atoms. The number of ether oxygens (including phenoxy) is 2. The third kappa shape index (κ3) is 4.82. The summed E-state index contributed by atoms with van der Waals surface area (Å²) in [5.41, 5.74) is 2.94. The van der Waals surface area contributed by atoms with Crippen molar-refractivity contribution in [2.24, 2.45) is 0 Å². The predicted molar refractivity (Wildman–Crippen MR) is 126 cm³/mol. The van der Waals surface area contributed by atoms with E-state index in [9.17, 15) is 18.7 Å². The normalized spacial score (nSPS) is 14.3. The van der Waals surface area contributed by atoms with Crippen LogP contribution in [-0.2, 0) is 0 Å². The number of aromatic nitrogens is 3. The van der Waals surface area contributed by atoms with E-state index in [1.807, 2.05) is 37.3 Å². The van der Waals surface area contributed by atoms with Crippen LogP contribution in [0.15, 0.2) is 73.3 Å². The highest BCUT2D eigenvalue weighted by molar-refractivity contribution is 5.92. The van der Waals surface area contributed by atoms with Gasteiger partial charge >= 0.3 is 6.29 Å². The summed E-state index contributed by atoms with van der Waals surface area (Å²) in [5.74, 6) is -0.133. The van der Waals surface area contributed by atoms with Gasteiger partial charge < -0.3 is 29.8 Å². The van der Waals surface area contributed by atoms with Crippen LogP contribution in [-0.4, -0.2) is 38.5 Å². The Bertz CT molecular complexity index is 1410. The molecule has 0 bridgehead atoms. The summed E-state index contributed by atoms with van der Waals surface area (Å²) in [6.45, 7) is 1.60. The molecule has 1 aliphatic heterocycles. The Kier molecular flexibility index (Phi) is 5.98. The molecular weight excluding hydrogens is 472 g/mol. The first-order chi connectivity index (χ1) is 17.3. The van der Waals surface area contributed by atoms with Gasteiger partial charge in [-0.1, -0.05) is 30.3 Å². The highest BCUT2D eigenvalue weighted by Gasteiger charge is 2.43. The number of benzene rings is 2. The van der Waals surface area contributed by atoms with Crippen LogP contribution in [0, 0.1) is 6.92 Å². The van der Waals surface area contributed by atoms with E-state index in [1.54, 1.807) is 29.1 Å². The molecule has 1 unspecified atom stereocenters. The summed E-state index contributed by atoms with van der Waals surface area (Å²) in [6.07, 6.45) is 1.01. The Morgan fingerprint density at radius 3 is 2.67 bits per heavy atom. The van der Waals surface area contributed by atoms with Crippen molar-refractivity contribution in [2.45, 2.75) is 19.3 Å². The van der Waals surface area contributed by atoms with Crippen LogP contribution in [0.1, 0.15) is 27.7 Å². The van der Waals surface area contributed by atoms with Gasteiger partial charge in [-0.15, -0.1) is 8.78 Å². The molecule has 9 nitrogen and oxygen atoms in total. The van der Waals surface area contributed by atoms with E-state index in [0.717, 1.165) is 11.1 Å². The van der Waals surface area contributed by atoms with Gasteiger partial charge in [-0.2, -0.15) is 0 Å². The largest absolute Gasteiger partial charge is 0.586 e. The molecule has 0 saturated carbocycles. The number of aliphatic hydroxyl groups is 1. The lowest BCUT2D eigenvalue weighted by molar-refractivity contribution is -0.286. The minimum atomic E-state index is -3.69. The second-order valence-electron chi connectivity index (χ2n) is 8.10. The molecule has 0 radical (unpaired) electrons. The maximum atomic E-state index is 13.3. The summed E-state index contributed by atoms with van der Waals surface area (Å²) in [6, 6.07) is 14.7. The number of nitrogens with zero attached hydrogens (tertiary/aromatic N) is 3. The molecule has 2 aromatic carbocycles. The number of imidazole rings is 1. The fourth-order valence-electron chi connectivity index (χ4n) is 3.76. The van der Waals surface area contributed by atoms with Crippen molar-refractivity contribution in [3.05, 3.63) is 90.1 Å². The number of pyridine rings is 1. The van der Waals surface area contributed by atoms with Crippen LogP contribution < -0.4 is 20.1 Å². The highest BCUT2D eigenvalue weighted by Crippen LogP contribution is 2.42. The lowest BCUT2D eigenvalue weighted by Crippen LogP contribution is -2.31. The molecule has 1 atom stereocenters. The highest BCUT2D eigenvalue weighted by atomic mass is 19.3. The van der Waals surface area contributed by atoms with E-state index in [2.05, 4.69) is 30.1 Å². The van der Waals surface area contributed by atoms with Crippen LogP contribution in [0.4, 0.5) is 20.3 Å². The van der Waals surface area contributed by atoms with Crippen molar-refractivity contribution >= 4 is 17.4 Å². The van der Waals surface area contributed by atoms with E-state index in [-0.39, 0.29) is 23.8 Å². The van der Waals surface area contributed by atoms with Gasteiger partial charge in [0.25, 0.3) is 5.91 Å². The zero-order valence-corrected chi connectivity index (χ0v) is 19.0. The number of carbonyl (C=O) groups excluding carboxylic acids is 1. The van der Waals surface area contributed by atoms with Gasteiger partial charge in [0.05, 0.1) is 18.3 Å². The third-order valence-corrected chi connectivity index (χ3v) is 5.53. The van der Waals surface area contributed by atoms with Crippen LogP contribution in [0.5, 0.6) is 11.5 Å². The number of aliphatic hydroxyl groups excluding tert-OH is 1. The summed E-state index contributed by atoms with van der Waals surface area (Å²) < 4.78 is 37.2. The second kappa shape index (κ2) is 9.27. The topological polar surface area (TPSA) is 111 Å². The third-order valence-electron chi connectivity index (χ3n) is 5.53. The number of anilines is 2. The molecule has 0 fully saturated rings. The molecule has 184 valence electrons. The SMILES string of the molecule is Cc1cnc(Nc2ccc3c(c2)OC(F)(F)O3)cc1-n1cnc(C(=O)NC(CO)c2ccccc2)c1. The van der Waals surface area contributed by atoms with Crippen molar-refractivity contribution in [2.75, 3.05) is 11.9 Å². The number of rotatable bonds is 7. The molecule has 0 aliphatic carbocycles. The lowest BCUT2D eigenvalue weighted by Gasteiger charge is -2.15. The molecule has 3 N–H and O–H groups in total. The maximum absolute atomic E-state index is 13.3. The van der Waals surface area contributed by atoms with Crippen molar-refractivity contribution in [3.63, 3.8) is 0 Å². The minimum absolute atomic E-state index is 0.0528. The molecule has 2 aromatic heterocycles. The van der Waals surface area contributed by atoms with Gasteiger partial charge in [0.2, 0.25) is 0 Å². The van der Waals surface area contributed by atoms with E-state index in [4.69, 9.17) is 0 Å². The van der Waals surface area contributed by atoms with Crippen molar-refractivity contribution in [1.82, 2.24) is 19.9 Å². The van der Waals surface area contributed by atoms with E-state index in [1.165, 1.54) is 18.5 Å². The van der Waals surface area contributed by atoms with Gasteiger partial charge in [-0.3, -0.25) is 4.79 Å². The molecule has 0 spiro atoms.